The molecule has 0 amide bonds. The van der Waals surface area contributed by atoms with Gasteiger partial charge in [-0.25, -0.2) is 9.97 Å². The molecule has 40 heavy (non-hydrogen) atoms. The van der Waals surface area contributed by atoms with E-state index in [9.17, 15) is 19.8 Å². The van der Waals surface area contributed by atoms with Crippen molar-refractivity contribution in [2.45, 2.75) is 52.7 Å². The van der Waals surface area contributed by atoms with E-state index in [1.807, 2.05) is 61.3 Å². The van der Waals surface area contributed by atoms with Gasteiger partial charge in [0.25, 0.3) is 0 Å². The highest BCUT2D eigenvalue weighted by atomic mass is 16.5. The third kappa shape index (κ3) is 8.02. The summed E-state index contributed by atoms with van der Waals surface area (Å²) in [5.41, 5.74) is 3.36. The zero-order valence-corrected chi connectivity index (χ0v) is 23.9. The highest BCUT2D eigenvalue weighted by Crippen LogP contribution is 2.25. The van der Waals surface area contributed by atoms with Crippen molar-refractivity contribution in [2.75, 3.05) is 13.2 Å². The van der Waals surface area contributed by atoms with Crippen molar-refractivity contribution in [3.63, 3.8) is 0 Å². The van der Waals surface area contributed by atoms with Crippen LogP contribution in [0.4, 0.5) is 0 Å². The molecule has 0 saturated carbocycles. The van der Waals surface area contributed by atoms with Crippen LogP contribution < -0.4 is 0 Å². The van der Waals surface area contributed by atoms with Crippen LogP contribution in [0.25, 0.3) is 0 Å². The van der Waals surface area contributed by atoms with E-state index in [-0.39, 0.29) is 50.2 Å². The molecule has 0 spiro atoms. The van der Waals surface area contributed by atoms with E-state index in [4.69, 9.17) is 9.47 Å². The number of nitrogens with zero attached hydrogens (tertiary/aromatic N) is 4. The minimum absolute atomic E-state index is 0.0316. The average Bonchev–Trinajstić information content (AvgIpc) is 3.57. The number of hydrogen-bond donors (Lipinski definition) is 2. The van der Waals surface area contributed by atoms with Gasteiger partial charge in [0.1, 0.15) is 13.2 Å². The Morgan fingerprint density at radius 3 is 1.48 bits per heavy atom. The summed E-state index contributed by atoms with van der Waals surface area (Å²) < 4.78 is 15.2. The largest absolute Gasteiger partial charge is 0.461 e. The van der Waals surface area contributed by atoms with E-state index < -0.39 is 11.8 Å². The van der Waals surface area contributed by atoms with E-state index in [0.717, 1.165) is 22.5 Å². The molecule has 2 heterocycles. The summed E-state index contributed by atoms with van der Waals surface area (Å²) in [5.74, 6) is -2.26. The summed E-state index contributed by atoms with van der Waals surface area (Å²) in [6, 6.07) is 7.37. The van der Waals surface area contributed by atoms with Crippen LogP contribution in [-0.2, 0) is 59.2 Å². The number of carbonyl (C=O) groups excluding carboxylic acids is 2. The van der Waals surface area contributed by atoms with E-state index in [2.05, 4.69) is 9.97 Å². The monoisotopic (exact) mass is 554 g/mol. The van der Waals surface area contributed by atoms with Crippen LogP contribution in [0.15, 0.2) is 49.3 Å². The Hall–Kier alpha value is -3.50. The number of esters is 2. The first-order valence-corrected chi connectivity index (χ1v) is 13.8. The van der Waals surface area contributed by atoms with Gasteiger partial charge in [-0.2, -0.15) is 0 Å². The van der Waals surface area contributed by atoms with Gasteiger partial charge in [-0.05, 0) is 36.8 Å². The van der Waals surface area contributed by atoms with Crippen molar-refractivity contribution < 1.29 is 29.3 Å². The van der Waals surface area contributed by atoms with Crippen molar-refractivity contribution in [2.24, 2.45) is 37.8 Å². The molecule has 2 aromatic heterocycles. The molecule has 1 aromatic carbocycles. The lowest BCUT2D eigenvalue weighted by Gasteiger charge is -2.24. The third-order valence-electron chi connectivity index (χ3n) is 7.73. The summed E-state index contributed by atoms with van der Waals surface area (Å²) in [7, 11) is 3.76. The smallest absolute Gasteiger partial charge is 0.309 e. The Kier molecular flexibility index (Phi) is 11.9. The molecule has 4 atom stereocenters. The van der Waals surface area contributed by atoms with Gasteiger partial charge in [0.15, 0.2) is 0 Å². The number of aliphatic hydroxyl groups excluding tert-OH is 2. The SMILES string of the molecule is CCC(C(=O)OCc1ccccc1COC(=O)C(CC)C(CO)Cc1cncn1C)C(CO)Cc1cncn1C. The molecule has 4 unspecified atom stereocenters. The number of aliphatic hydroxyl groups is 2. The molecule has 0 aliphatic rings. The van der Waals surface area contributed by atoms with Crippen molar-refractivity contribution in [3.05, 3.63) is 71.8 Å². The number of hydrogen-bond acceptors (Lipinski definition) is 8. The maximum Gasteiger partial charge on any atom is 0.309 e. The summed E-state index contributed by atoms with van der Waals surface area (Å²) >= 11 is 0. The van der Waals surface area contributed by atoms with Gasteiger partial charge >= 0.3 is 11.9 Å². The number of aromatic nitrogens is 4. The fourth-order valence-electron chi connectivity index (χ4n) is 5.10. The molecule has 0 saturated heterocycles. The van der Waals surface area contributed by atoms with E-state index in [1.165, 1.54) is 0 Å². The summed E-state index contributed by atoms with van der Waals surface area (Å²) in [5, 5.41) is 20.0. The number of rotatable bonds is 16. The first-order chi connectivity index (χ1) is 19.3. The van der Waals surface area contributed by atoms with E-state index >= 15 is 0 Å². The molecule has 10 nitrogen and oxygen atoms in total. The fourth-order valence-corrected chi connectivity index (χ4v) is 5.10. The topological polar surface area (TPSA) is 129 Å². The zero-order chi connectivity index (χ0) is 29.1. The van der Waals surface area contributed by atoms with Gasteiger partial charge < -0.3 is 28.8 Å². The highest BCUT2D eigenvalue weighted by molar-refractivity contribution is 5.73. The molecule has 0 fully saturated rings. The molecular formula is C30H42N4O6. The van der Waals surface area contributed by atoms with Gasteiger partial charge in [-0.3, -0.25) is 9.59 Å². The predicted molar refractivity (Wildman–Crippen MR) is 149 cm³/mol. The first kappa shape index (κ1) is 31.0. The van der Waals surface area contributed by atoms with Crippen LogP contribution >= 0.6 is 0 Å². The van der Waals surface area contributed by atoms with Crippen molar-refractivity contribution in [3.8, 4) is 0 Å². The van der Waals surface area contributed by atoms with Crippen molar-refractivity contribution in [1.82, 2.24) is 19.1 Å². The van der Waals surface area contributed by atoms with Crippen LogP contribution in [0.1, 0.15) is 49.2 Å². The number of carbonyl (C=O) groups is 2. The van der Waals surface area contributed by atoms with Crippen molar-refractivity contribution >= 4 is 11.9 Å². The molecule has 0 bridgehead atoms. The minimum atomic E-state index is -0.468. The average molecular weight is 555 g/mol. The summed E-state index contributed by atoms with van der Waals surface area (Å²) in [4.78, 5) is 34.4. The predicted octanol–water partition coefficient (Wildman–Crippen LogP) is 2.99. The number of aryl methyl sites for hydroxylation is 2. The van der Waals surface area contributed by atoms with Gasteiger partial charge in [0, 0.05) is 62.9 Å². The molecule has 0 aliphatic heterocycles. The lowest BCUT2D eigenvalue weighted by molar-refractivity contribution is -0.154. The standard InChI is InChI=1S/C30H42N4O6/c1-5-27(23(15-35)11-25-13-31-19-33(25)3)29(37)39-17-21-9-7-8-10-22(21)18-40-30(38)28(6-2)24(16-36)12-26-14-32-20-34(26)4/h7-10,13-14,19-20,23-24,27-28,35-36H,5-6,11-12,15-18H2,1-4H3. The number of imidazole rings is 2. The summed E-state index contributed by atoms with van der Waals surface area (Å²) in [6.45, 7) is 3.60. The van der Waals surface area contributed by atoms with Gasteiger partial charge in [0.2, 0.25) is 0 Å². The number of ether oxygens (including phenoxy) is 2. The normalized spacial score (nSPS) is 14.3. The van der Waals surface area contributed by atoms with Crippen molar-refractivity contribution in [1.29, 1.82) is 0 Å². The second kappa shape index (κ2) is 15.3. The molecule has 10 heteroatoms. The van der Waals surface area contributed by atoms with E-state index in [1.54, 1.807) is 25.0 Å². The minimum Gasteiger partial charge on any atom is -0.461 e. The Morgan fingerprint density at radius 1 is 0.775 bits per heavy atom. The molecular weight excluding hydrogens is 512 g/mol. The Balaban J connectivity index is 1.60. The zero-order valence-electron chi connectivity index (χ0n) is 23.9. The maximum absolute atomic E-state index is 13.1. The lowest BCUT2D eigenvalue weighted by Crippen LogP contribution is -2.30. The maximum atomic E-state index is 13.1. The van der Waals surface area contributed by atoms with Crippen LogP contribution in [0.3, 0.4) is 0 Å². The Bertz CT molecular complexity index is 1130. The van der Waals surface area contributed by atoms with Crippen LogP contribution in [0, 0.1) is 23.7 Å². The van der Waals surface area contributed by atoms with Crippen LogP contribution in [-0.4, -0.2) is 54.5 Å². The van der Waals surface area contributed by atoms with E-state index in [0.29, 0.717) is 25.7 Å². The van der Waals surface area contributed by atoms with Crippen LogP contribution in [0.2, 0.25) is 0 Å². The van der Waals surface area contributed by atoms with Gasteiger partial charge in [-0.15, -0.1) is 0 Å². The number of benzene rings is 1. The molecule has 2 N–H and O–H groups in total. The molecule has 0 aliphatic carbocycles. The molecule has 3 rings (SSSR count). The lowest BCUT2D eigenvalue weighted by atomic mass is 9.87. The first-order valence-electron chi connectivity index (χ1n) is 13.8. The quantitative estimate of drug-likeness (QED) is 0.259. The molecule has 3 aromatic rings. The molecule has 0 radical (unpaired) electrons. The highest BCUT2D eigenvalue weighted by Gasteiger charge is 2.30. The third-order valence-corrected chi connectivity index (χ3v) is 7.73. The summed E-state index contributed by atoms with van der Waals surface area (Å²) in [6.07, 6.45) is 8.96. The Morgan fingerprint density at radius 2 is 1.18 bits per heavy atom. The second-order valence-corrected chi connectivity index (χ2v) is 10.3. The molecule has 218 valence electrons. The second-order valence-electron chi connectivity index (χ2n) is 10.3. The Labute approximate surface area is 236 Å². The fraction of sp³-hybridized carbons (Fsp3) is 0.533. The van der Waals surface area contributed by atoms with Gasteiger partial charge in [-0.1, -0.05) is 38.1 Å². The van der Waals surface area contributed by atoms with Crippen LogP contribution in [0.5, 0.6) is 0 Å². The van der Waals surface area contributed by atoms with Gasteiger partial charge in [0.05, 0.1) is 24.5 Å².